The van der Waals surface area contributed by atoms with Gasteiger partial charge in [-0.25, -0.2) is 12.7 Å². The number of rotatable bonds is 7. The van der Waals surface area contributed by atoms with Gasteiger partial charge in [-0.3, -0.25) is 4.79 Å². The van der Waals surface area contributed by atoms with Gasteiger partial charge in [0.05, 0.1) is 11.4 Å². The molecule has 0 saturated heterocycles. The summed E-state index contributed by atoms with van der Waals surface area (Å²) in [7, 11) is -0.619. The first-order chi connectivity index (χ1) is 12.7. The number of carbonyl (C=O) groups excluding carboxylic acids is 1. The molecule has 27 heavy (non-hydrogen) atoms. The molecule has 2 aromatic carbocycles. The lowest BCUT2D eigenvalue weighted by Crippen LogP contribution is -2.42. The van der Waals surface area contributed by atoms with Gasteiger partial charge in [0.2, 0.25) is 10.0 Å². The molecule has 2 N–H and O–H groups in total. The Labute approximate surface area is 159 Å². The third kappa shape index (κ3) is 4.05. The van der Waals surface area contributed by atoms with Gasteiger partial charge in [-0.05, 0) is 48.6 Å². The van der Waals surface area contributed by atoms with Gasteiger partial charge in [0.15, 0.2) is 0 Å². The zero-order valence-electron chi connectivity index (χ0n) is 15.4. The van der Waals surface area contributed by atoms with Crippen molar-refractivity contribution in [2.24, 2.45) is 5.92 Å². The summed E-state index contributed by atoms with van der Waals surface area (Å²) < 4.78 is 25.3. The van der Waals surface area contributed by atoms with Gasteiger partial charge in [-0.15, -0.1) is 0 Å². The predicted molar refractivity (Wildman–Crippen MR) is 103 cm³/mol. The van der Waals surface area contributed by atoms with E-state index in [4.69, 9.17) is 0 Å². The van der Waals surface area contributed by atoms with Crippen LogP contribution in [-0.4, -0.2) is 44.4 Å². The maximum absolute atomic E-state index is 12.5. The first-order valence-electron chi connectivity index (χ1n) is 8.84. The number of carbonyl (C=O) groups is 1. The lowest BCUT2D eigenvalue weighted by molar-refractivity contribution is 0.0135. The molecule has 0 aromatic heterocycles. The molecule has 6 nitrogen and oxygen atoms in total. The van der Waals surface area contributed by atoms with E-state index >= 15 is 0 Å². The maximum atomic E-state index is 12.5. The van der Waals surface area contributed by atoms with Crippen LogP contribution in [0.2, 0.25) is 0 Å². The van der Waals surface area contributed by atoms with E-state index in [9.17, 15) is 18.3 Å². The highest BCUT2D eigenvalue weighted by Gasteiger charge is 2.45. The van der Waals surface area contributed by atoms with E-state index in [2.05, 4.69) is 5.32 Å². The molecule has 1 saturated carbocycles. The molecular formula is C20H24N2O4S. The number of nitrogens with one attached hydrogen (secondary N) is 1. The standard InChI is InChI=1S/C20H24N2O4S/c1-22(2)27(25,26)18-12-8-15(9-13-18)19(23)21-14-20(24,17-10-11-17)16-6-4-3-5-7-16/h3-9,12-13,17,24H,10-11,14H2,1-2H3,(H,21,23)/t20-/m0/s1. The first-order valence-corrected chi connectivity index (χ1v) is 10.3. The molecule has 0 spiro atoms. The largest absolute Gasteiger partial charge is 0.383 e. The van der Waals surface area contributed by atoms with E-state index in [0.717, 1.165) is 22.7 Å². The van der Waals surface area contributed by atoms with Gasteiger partial charge in [-0.2, -0.15) is 0 Å². The average molecular weight is 388 g/mol. The molecule has 3 rings (SSSR count). The van der Waals surface area contributed by atoms with Crippen molar-refractivity contribution in [1.82, 2.24) is 9.62 Å². The number of aliphatic hydroxyl groups is 1. The maximum Gasteiger partial charge on any atom is 0.251 e. The summed E-state index contributed by atoms with van der Waals surface area (Å²) in [4.78, 5) is 12.6. The highest BCUT2D eigenvalue weighted by molar-refractivity contribution is 7.89. The SMILES string of the molecule is CN(C)S(=O)(=O)c1ccc(C(=O)NC[C@](O)(c2ccccc2)C2CC2)cc1. The number of nitrogens with zero attached hydrogens (tertiary/aromatic N) is 1. The van der Waals surface area contributed by atoms with Crippen molar-refractivity contribution in [3.05, 3.63) is 65.7 Å². The molecule has 7 heteroatoms. The molecule has 0 unspecified atom stereocenters. The molecule has 1 aliphatic rings. The van der Waals surface area contributed by atoms with Gasteiger partial charge in [0.25, 0.3) is 5.91 Å². The highest BCUT2D eigenvalue weighted by Crippen LogP contribution is 2.45. The van der Waals surface area contributed by atoms with Crippen LogP contribution in [0.15, 0.2) is 59.5 Å². The molecule has 1 amide bonds. The Kier molecular flexibility index (Phi) is 5.37. The van der Waals surface area contributed by atoms with E-state index in [1.54, 1.807) is 0 Å². The second kappa shape index (κ2) is 7.42. The quantitative estimate of drug-likeness (QED) is 0.759. The fraction of sp³-hybridized carbons (Fsp3) is 0.350. The Morgan fingerprint density at radius 3 is 2.22 bits per heavy atom. The van der Waals surface area contributed by atoms with Crippen LogP contribution >= 0.6 is 0 Å². The molecule has 2 aromatic rings. The summed E-state index contributed by atoms with van der Waals surface area (Å²) in [5.74, 6) is -0.216. The van der Waals surface area contributed by atoms with Gasteiger partial charge in [-0.1, -0.05) is 30.3 Å². The molecule has 1 atom stereocenters. The van der Waals surface area contributed by atoms with Gasteiger partial charge in [0.1, 0.15) is 5.60 Å². The molecule has 0 radical (unpaired) electrons. The van der Waals surface area contributed by atoms with Gasteiger partial charge in [0, 0.05) is 19.7 Å². The van der Waals surface area contributed by atoms with Crippen molar-refractivity contribution in [2.45, 2.75) is 23.3 Å². The summed E-state index contributed by atoms with van der Waals surface area (Å²) in [6.07, 6.45) is 1.86. The second-order valence-corrected chi connectivity index (χ2v) is 9.21. The van der Waals surface area contributed by atoms with Crippen LogP contribution in [0.4, 0.5) is 0 Å². The Balaban J connectivity index is 1.72. The topological polar surface area (TPSA) is 86.7 Å². The lowest BCUT2D eigenvalue weighted by atomic mass is 9.88. The van der Waals surface area contributed by atoms with E-state index in [1.165, 1.54) is 38.4 Å². The number of sulfonamides is 1. The van der Waals surface area contributed by atoms with Crippen LogP contribution in [0.1, 0.15) is 28.8 Å². The fourth-order valence-electron chi connectivity index (χ4n) is 3.08. The van der Waals surface area contributed by atoms with Crippen molar-refractivity contribution in [2.75, 3.05) is 20.6 Å². The van der Waals surface area contributed by atoms with E-state index in [1.807, 2.05) is 30.3 Å². The molecule has 0 aliphatic heterocycles. The summed E-state index contributed by atoms with van der Waals surface area (Å²) in [6, 6.07) is 15.1. The van der Waals surface area contributed by atoms with E-state index in [-0.39, 0.29) is 23.3 Å². The zero-order chi connectivity index (χ0) is 19.7. The van der Waals surface area contributed by atoms with Gasteiger partial charge >= 0.3 is 0 Å². The number of benzene rings is 2. The van der Waals surface area contributed by atoms with Crippen LogP contribution in [0.3, 0.4) is 0 Å². The minimum absolute atomic E-state index is 0.109. The lowest BCUT2D eigenvalue weighted by Gasteiger charge is -2.29. The third-order valence-corrected chi connectivity index (χ3v) is 6.77. The normalized spacial score (nSPS) is 16.7. The van der Waals surface area contributed by atoms with Crippen molar-refractivity contribution in [1.29, 1.82) is 0 Å². The van der Waals surface area contributed by atoms with Crippen LogP contribution in [-0.2, 0) is 15.6 Å². The van der Waals surface area contributed by atoms with Crippen molar-refractivity contribution in [3.63, 3.8) is 0 Å². The summed E-state index contributed by atoms with van der Waals surface area (Å²) in [5.41, 5.74) is 0.0460. The van der Waals surface area contributed by atoms with E-state index in [0.29, 0.717) is 5.56 Å². The highest BCUT2D eigenvalue weighted by atomic mass is 32.2. The molecule has 1 fully saturated rings. The zero-order valence-corrected chi connectivity index (χ0v) is 16.2. The van der Waals surface area contributed by atoms with Crippen molar-refractivity contribution < 1.29 is 18.3 Å². The van der Waals surface area contributed by atoms with Crippen LogP contribution < -0.4 is 5.32 Å². The number of hydrogen-bond acceptors (Lipinski definition) is 4. The van der Waals surface area contributed by atoms with E-state index < -0.39 is 15.6 Å². The average Bonchev–Trinajstić information content (AvgIpc) is 3.52. The fourth-order valence-corrected chi connectivity index (χ4v) is 3.98. The monoisotopic (exact) mass is 388 g/mol. The summed E-state index contributed by atoms with van der Waals surface area (Å²) in [5, 5.41) is 13.9. The first kappa shape index (κ1) is 19.5. The number of amides is 1. The van der Waals surface area contributed by atoms with Crippen molar-refractivity contribution >= 4 is 15.9 Å². The second-order valence-electron chi connectivity index (χ2n) is 7.06. The molecule has 144 valence electrons. The van der Waals surface area contributed by atoms with Crippen molar-refractivity contribution in [3.8, 4) is 0 Å². The Bertz CT molecular complexity index is 907. The minimum atomic E-state index is -3.53. The van der Waals surface area contributed by atoms with Gasteiger partial charge < -0.3 is 10.4 Å². The Hall–Kier alpha value is -2.22. The number of hydrogen-bond donors (Lipinski definition) is 2. The summed E-state index contributed by atoms with van der Waals surface area (Å²) >= 11 is 0. The third-order valence-electron chi connectivity index (χ3n) is 4.94. The molecule has 1 aliphatic carbocycles. The Morgan fingerprint density at radius 1 is 1.11 bits per heavy atom. The smallest absolute Gasteiger partial charge is 0.251 e. The molecule has 0 heterocycles. The van der Waals surface area contributed by atoms with Crippen LogP contribution in [0.5, 0.6) is 0 Å². The predicted octanol–water partition coefficient (Wildman–Crippen LogP) is 1.96. The Morgan fingerprint density at radius 2 is 1.70 bits per heavy atom. The molecular weight excluding hydrogens is 364 g/mol. The summed E-state index contributed by atoms with van der Waals surface area (Å²) in [6.45, 7) is 0.109. The minimum Gasteiger partial charge on any atom is -0.383 e. The van der Waals surface area contributed by atoms with Crippen LogP contribution in [0, 0.1) is 5.92 Å². The molecule has 0 bridgehead atoms. The van der Waals surface area contributed by atoms with Crippen LogP contribution in [0.25, 0.3) is 0 Å².